The fraction of sp³-hybridized carbons (Fsp3) is 0.909. The zero-order valence-electron chi connectivity index (χ0n) is 9.35. The molecule has 86 valence electrons. The monoisotopic (exact) mass is 212 g/mol. The Kier molecular flexibility index (Phi) is 3.26. The summed E-state index contributed by atoms with van der Waals surface area (Å²) in [7, 11) is 1.89. The normalized spacial score (nSPS) is 26.9. The molecule has 0 aromatic heterocycles. The van der Waals surface area contributed by atoms with E-state index >= 15 is 0 Å². The van der Waals surface area contributed by atoms with Crippen LogP contribution in [-0.4, -0.2) is 59.6 Å². The molecule has 4 nitrogen and oxygen atoms in total. The first-order valence-electron chi connectivity index (χ1n) is 5.83. The summed E-state index contributed by atoms with van der Waals surface area (Å²) in [6.45, 7) is 1.62. The van der Waals surface area contributed by atoms with Gasteiger partial charge in [0.2, 0.25) is 5.91 Å². The molecular weight excluding hydrogens is 192 g/mol. The minimum Gasteiger partial charge on any atom is -0.395 e. The molecule has 1 amide bonds. The van der Waals surface area contributed by atoms with Gasteiger partial charge in [0, 0.05) is 19.1 Å². The lowest BCUT2D eigenvalue weighted by molar-refractivity contribution is -0.132. The summed E-state index contributed by atoms with van der Waals surface area (Å²) in [4.78, 5) is 15.8. The lowest BCUT2D eigenvalue weighted by Crippen LogP contribution is -2.42. The highest BCUT2D eigenvalue weighted by Gasteiger charge is 2.32. The number of aliphatic hydroxyl groups excluding tert-OH is 1. The molecule has 0 spiro atoms. The average molecular weight is 212 g/mol. The third-order valence-electron chi connectivity index (χ3n) is 3.54. The smallest absolute Gasteiger partial charge is 0.236 e. The van der Waals surface area contributed by atoms with E-state index in [4.69, 9.17) is 5.11 Å². The van der Waals surface area contributed by atoms with Gasteiger partial charge >= 0.3 is 0 Å². The molecule has 2 rings (SSSR count). The van der Waals surface area contributed by atoms with Crippen LogP contribution in [0.2, 0.25) is 0 Å². The lowest BCUT2D eigenvalue weighted by atomic mass is 10.2. The van der Waals surface area contributed by atoms with Gasteiger partial charge in [-0.2, -0.15) is 0 Å². The zero-order valence-corrected chi connectivity index (χ0v) is 9.35. The molecule has 0 aromatic rings. The average Bonchev–Trinajstić information content (AvgIpc) is 2.99. The Labute approximate surface area is 90.9 Å². The Balaban J connectivity index is 1.82. The molecule has 0 unspecified atom stereocenters. The van der Waals surface area contributed by atoms with Crippen molar-refractivity contribution < 1.29 is 9.90 Å². The van der Waals surface area contributed by atoms with E-state index in [0.29, 0.717) is 12.6 Å². The van der Waals surface area contributed by atoms with Crippen LogP contribution in [0.1, 0.15) is 25.7 Å². The van der Waals surface area contributed by atoms with Gasteiger partial charge in [0.05, 0.1) is 13.2 Å². The molecule has 0 aromatic carbocycles. The van der Waals surface area contributed by atoms with Gasteiger partial charge in [-0.1, -0.05) is 0 Å². The van der Waals surface area contributed by atoms with Gasteiger partial charge in [-0.25, -0.2) is 0 Å². The summed E-state index contributed by atoms with van der Waals surface area (Å²) >= 11 is 0. The van der Waals surface area contributed by atoms with Crippen molar-refractivity contribution in [3.05, 3.63) is 0 Å². The molecule has 15 heavy (non-hydrogen) atoms. The lowest BCUT2D eigenvalue weighted by Gasteiger charge is -2.25. The predicted molar refractivity (Wildman–Crippen MR) is 57.5 cm³/mol. The van der Waals surface area contributed by atoms with Gasteiger partial charge in [-0.15, -0.1) is 0 Å². The van der Waals surface area contributed by atoms with E-state index in [0.717, 1.165) is 32.2 Å². The number of carbonyl (C=O) groups excluding carboxylic acids is 1. The summed E-state index contributed by atoms with van der Waals surface area (Å²) in [5.41, 5.74) is 0. The number of carbonyl (C=O) groups is 1. The minimum absolute atomic E-state index is 0.181. The van der Waals surface area contributed by atoms with Crippen LogP contribution in [0.15, 0.2) is 0 Å². The Morgan fingerprint density at radius 1 is 1.47 bits per heavy atom. The quantitative estimate of drug-likeness (QED) is 0.717. The van der Waals surface area contributed by atoms with Crippen LogP contribution in [0.3, 0.4) is 0 Å². The third kappa shape index (κ3) is 2.49. The number of likely N-dealkylation sites (tertiary alicyclic amines) is 1. The maximum Gasteiger partial charge on any atom is 0.236 e. The molecular formula is C11H20N2O2. The van der Waals surface area contributed by atoms with Crippen molar-refractivity contribution >= 4 is 5.91 Å². The van der Waals surface area contributed by atoms with E-state index in [1.165, 1.54) is 0 Å². The number of hydrogen-bond acceptors (Lipinski definition) is 3. The summed E-state index contributed by atoms with van der Waals surface area (Å²) in [6, 6.07) is 0.703. The van der Waals surface area contributed by atoms with E-state index in [9.17, 15) is 4.79 Å². The number of aliphatic hydroxyl groups is 1. The second-order valence-electron chi connectivity index (χ2n) is 4.68. The zero-order chi connectivity index (χ0) is 10.8. The summed E-state index contributed by atoms with van der Waals surface area (Å²) in [5.74, 6) is 0.206. The van der Waals surface area contributed by atoms with E-state index in [-0.39, 0.29) is 18.6 Å². The number of rotatable bonds is 4. The molecule has 1 N–H and O–H groups in total. The van der Waals surface area contributed by atoms with Crippen LogP contribution in [0.25, 0.3) is 0 Å². The number of likely N-dealkylation sites (N-methyl/N-ethyl adjacent to an activating group) is 1. The summed E-state index contributed by atoms with van der Waals surface area (Å²) < 4.78 is 0. The van der Waals surface area contributed by atoms with Gasteiger partial charge in [-0.05, 0) is 32.2 Å². The van der Waals surface area contributed by atoms with Crippen LogP contribution in [-0.2, 0) is 4.79 Å². The number of nitrogens with zero attached hydrogens (tertiary/aromatic N) is 2. The van der Waals surface area contributed by atoms with Crippen molar-refractivity contribution in [1.82, 2.24) is 9.80 Å². The van der Waals surface area contributed by atoms with E-state index in [2.05, 4.69) is 4.90 Å². The van der Waals surface area contributed by atoms with Crippen LogP contribution in [0.5, 0.6) is 0 Å². The van der Waals surface area contributed by atoms with Crippen molar-refractivity contribution in [2.75, 3.05) is 26.7 Å². The Morgan fingerprint density at radius 2 is 2.20 bits per heavy atom. The molecule has 2 fully saturated rings. The molecule has 4 heteroatoms. The standard InChI is InChI=1S/C11H20N2O2/c1-12(9-4-5-9)11(15)7-13-6-2-3-10(13)8-14/h9-10,14H,2-8H2,1H3/t10-/m1/s1. The SMILES string of the molecule is CN(C(=O)CN1CCC[C@@H]1CO)C1CC1. The van der Waals surface area contributed by atoms with Crippen LogP contribution < -0.4 is 0 Å². The van der Waals surface area contributed by atoms with Crippen molar-refractivity contribution in [2.24, 2.45) is 0 Å². The third-order valence-corrected chi connectivity index (χ3v) is 3.54. The molecule has 1 heterocycles. The van der Waals surface area contributed by atoms with Gasteiger partial charge in [-0.3, -0.25) is 9.69 Å². The molecule has 1 atom stereocenters. The van der Waals surface area contributed by atoms with Crippen molar-refractivity contribution in [3.63, 3.8) is 0 Å². The molecule has 1 saturated carbocycles. The Hall–Kier alpha value is -0.610. The Morgan fingerprint density at radius 3 is 2.80 bits per heavy atom. The van der Waals surface area contributed by atoms with Gasteiger partial charge in [0.25, 0.3) is 0 Å². The van der Waals surface area contributed by atoms with Crippen molar-refractivity contribution in [3.8, 4) is 0 Å². The number of amides is 1. The second-order valence-corrected chi connectivity index (χ2v) is 4.68. The molecule has 1 aliphatic heterocycles. The summed E-state index contributed by atoms with van der Waals surface area (Å²) in [6.07, 6.45) is 4.44. The molecule has 1 aliphatic carbocycles. The summed E-state index contributed by atoms with van der Waals surface area (Å²) in [5, 5.41) is 9.14. The number of hydrogen-bond donors (Lipinski definition) is 1. The predicted octanol–water partition coefficient (Wildman–Crippen LogP) is 0.0639. The van der Waals surface area contributed by atoms with Crippen LogP contribution >= 0.6 is 0 Å². The van der Waals surface area contributed by atoms with E-state index in [1.807, 2.05) is 11.9 Å². The van der Waals surface area contributed by atoms with E-state index < -0.39 is 0 Å². The highest BCUT2D eigenvalue weighted by molar-refractivity contribution is 5.78. The van der Waals surface area contributed by atoms with Crippen LogP contribution in [0, 0.1) is 0 Å². The van der Waals surface area contributed by atoms with Crippen molar-refractivity contribution in [1.29, 1.82) is 0 Å². The molecule has 1 saturated heterocycles. The fourth-order valence-electron chi connectivity index (χ4n) is 2.26. The Bertz CT molecular complexity index is 241. The molecule has 0 radical (unpaired) electrons. The molecule has 2 aliphatic rings. The fourth-order valence-corrected chi connectivity index (χ4v) is 2.26. The van der Waals surface area contributed by atoms with Gasteiger partial charge < -0.3 is 10.0 Å². The second kappa shape index (κ2) is 4.49. The minimum atomic E-state index is 0.181. The van der Waals surface area contributed by atoms with Crippen LogP contribution in [0.4, 0.5) is 0 Å². The molecule has 0 bridgehead atoms. The largest absolute Gasteiger partial charge is 0.395 e. The van der Waals surface area contributed by atoms with Gasteiger partial charge in [0.1, 0.15) is 0 Å². The van der Waals surface area contributed by atoms with Gasteiger partial charge in [0.15, 0.2) is 0 Å². The first-order chi connectivity index (χ1) is 7.22. The maximum atomic E-state index is 11.8. The topological polar surface area (TPSA) is 43.8 Å². The maximum absolute atomic E-state index is 11.8. The first kappa shape index (κ1) is 10.9. The first-order valence-corrected chi connectivity index (χ1v) is 5.83. The van der Waals surface area contributed by atoms with E-state index in [1.54, 1.807) is 0 Å². The highest BCUT2D eigenvalue weighted by atomic mass is 16.3. The van der Waals surface area contributed by atoms with Crippen molar-refractivity contribution in [2.45, 2.75) is 37.8 Å². The highest BCUT2D eigenvalue weighted by Crippen LogP contribution is 2.26.